The van der Waals surface area contributed by atoms with Gasteiger partial charge < -0.3 is 5.32 Å². The summed E-state index contributed by atoms with van der Waals surface area (Å²) in [7, 11) is 0. The second-order valence-corrected chi connectivity index (χ2v) is 6.33. The Morgan fingerprint density at radius 1 is 1.27 bits per heavy atom. The molecule has 30 heavy (non-hydrogen) atoms. The van der Waals surface area contributed by atoms with Crippen LogP contribution in [0.2, 0.25) is 0 Å². The number of carbonyl (C=O) groups excluding carboxylic acids is 1. The summed E-state index contributed by atoms with van der Waals surface area (Å²) >= 11 is 0. The van der Waals surface area contributed by atoms with E-state index in [9.17, 15) is 23.2 Å². The van der Waals surface area contributed by atoms with E-state index in [1.54, 1.807) is 18.2 Å². The lowest BCUT2D eigenvalue weighted by atomic mass is 10.1. The van der Waals surface area contributed by atoms with Crippen molar-refractivity contribution in [2.24, 2.45) is 0 Å². The van der Waals surface area contributed by atoms with Gasteiger partial charge in [0.1, 0.15) is 19.2 Å². The number of alkyl halides is 3. The predicted octanol–water partition coefficient (Wildman–Crippen LogP) is 3.77. The lowest BCUT2D eigenvalue weighted by molar-refractivity contribution is -0.137. The largest absolute Gasteiger partial charge is 0.416 e. The van der Waals surface area contributed by atoms with Gasteiger partial charge >= 0.3 is 6.18 Å². The second kappa shape index (κ2) is 8.65. The van der Waals surface area contributed by atoms with Crippen molar-refractivity contribution in [2.75, 3.05) is 16.8 Å². The molecule has 0 atom stereocenters. The Balaban J connectivity index is 1.86. The monoisotopic (exact) mass is 414 g/mol. The van der Waals surface area contributed by atoms with Crippen molar-refractivity contribution in [3.8, 4) is 11.9 Å². The van der Waals surface area contributed by atoms with Crippen molar-refractivity contribution in [1.82, 2.24) is 14.8 Å². The number of aromatic nitrogens is 3. The maximum Gasteiger partial charge on any atom is 0.416 e. The number of halogens is 3. The third-order valence-corrected chi connectivity index (χ3v) is 4.32. The number of nitrogens with zero attached hydrogens (tertiary/aromatic N) is 5. The van der Waals surface area contributed by atoms with Gasteiger partial charge in [0.25, 0.3) is 0 Å². The van der Waals surface area contributed by atoms with E-state index in [1.165, 1.54) is 23.4 Å². The molecular weight excluding hydrogens is 397 g/mol. The normalized spacial score (nSPS) is 11.0. The highest BCUT2D eigenvalue weighted by Gasteiger charge is 2.31. The molecule has 2 aromatic carbocycles. The molecular formula is C20H17F3N6O. The van der Waals surface area contributed by atoms with E-state index >= 15 is 0 Å². The number of anilines is 2. The molecule has 3 aromatic rings. The van der Waals surface area contributed by atoms with Crippen molar-refractivity contribution in [3.63, 3.8) is 0 Å². The number of nitrogens with one attached hydrogen (secondary N) is 1. The van der Waals surface area contributed by atoms with Gasteiger partial charge in [0, 0.05) is 0 Å². The highest BCUT2D eigenvalue weighted by Crippen LogP contribution is 2.33. The lowest BCUT2D eigenvalue weighted by Crippen LogP contribution is -2.30. The van der Waals surface area contributed by atoms with Crippen LogP contribution in [-0.2, 0) is 17.4 Å². The molecule has 0 unspecified atom stereocenters. The minimum Gasteiger partial charge on any atom is -0.323 e. The first-order valence-corrected chi connectivity index (χ1v) is 8.94. The molecule has 154 valence electrons. The third-order valence-electron chi connectivity index (χ3n) is 4.32. The van der Waals surface area contributed by atoms with E-state index in [2.05, 4.69) is 15.4 Å². The summed E-state index contributed by atoms with van der Waals surface area (Å²) in [6.07, 6.45) is 0.625. The quantitative estimate of drug-likeness (QED) is 0.490. The zero-order chi connectivity index (χ0) is 21.7. The standard InChI is InChI=1S/C20H17F3N6O/c1-2-14-4-3-5-16(8-14)28(11-24)10-19(30)27-17-9-15(20(21,22)23)6-7-18(17)29-13-25-12-26-29/h3-9,12-13H,2,10H2,1H3,(H,27,30). The van der Waals surface area contributed by atoms with Crippen LogP contribution in [0.3, 0.4) is 0 Å². The van der Waals surface area contributed by atoms with Crippen LogP contribution in [0.25, 0.3) is 5.69 Å². The fraction of sp³-hybridized carbons (Fsp3) is 0.200. The zero-order valence-electron chi connectivity index (χ0n) is 15.9. The first kappa shape index (κ1) is 20.9. The summed E-state index contributed by atoms with van der Waals surface area (Å²) in [6, 6.07) is 10.0. The van der Waals surface area contributed by atoms with E-state index in [1.807, 2.05) is 19.2 Å². The minimum absolute atomic E-state index is 0.0967. The molecule has 0 saturated heterocycles. The van der Waals surface area contributed by atoms with Crippen LogP contribution in [0.4, 0.5) is 24.5 Å². The maximum absolute atomic E-state index is 13.1. The van der Waals surface area contributed by atoms with Crippen LogP contribution >= 0.6 is 0 Å². The Kier molecular flexibility index (Phi) is 6.01. The Hall–Kier alpha value is -3.87. The van der Waals surface area contributed by atoms with E-state index < -0.39 is 17.6 Å². The molecule has 0 aliphatic carbocycles. The van der Waals surface area contributed by atoms with Crippen LogP contribution < -0.4 is 10.2 Å². The smallest absolute Gasteiger partial charge is 0.323 e. The molecule has 0 fully saturated rings. The number of benzene rings is 2. The molecule has 0 aliphatic heterocycles. The van der Waals surface area contributed by atoms with Crippen LogP contribution in [0, 0.1) is 11.5 Å². The SMILES string of the molecule is CCc1cccc(N(C#N)CC(=O)Nc2cc(C(F)(F)F)ccc2-n2cncn2)c1. The molecule has 3 rings (SSSR count). The van der Waals surface area contributed by atoms with Crippen LogP contribution in [-0.4, -0.2) is 27.2 Å². The minimum atomic E-state index is -4.58. The summed E-state index contributed by atoms with van der Waals surface area (Å²) in [5, 5.41) is 15.8. The van der Waals surface area contributed by atoms with Gasteiger partial charge in [0.2, 0.25) is 5.91 Å². The fourth-order valence-corrected chi connectivity index (χ4v) is 2.81. The van der Waals surface area contributed by atoms with E-state index in [-0.39, 0.29) is 17.9 Å². The Bertz CT molecular complexity index is 1070. The van der Waals surface area contributed by atoms with Crippen LogP contribution in [0.15, 0.2) is 55.1 Å². The molecule has 0 radical (unpaired) electrons. The fourth-order valence-electron chi connectivity index (χ4n) is 2.81. The second-order valence-electron chi connectivity index (χ2n) is 6.33. The van der Waals surface area contributed by atoms with Crippen molar-refractivity contribution in [2.45, 2.75) is 19.5 Å². The Morgan fingerprint density at radius 3 is 2.70 bits per heavy atom. The number of aryl methyl sites for hydroxylation is 1. The van der Waals surface area contributed by atoms with E-state index in [0.29, 0.717) is 5.69 Å². The summed E-state index contributed by atoms with van der Waals surface area (Å²) in [6.45, 7) is 1.60. The number of carbonyl (C=O) groups is 1. The van der Waals surface area contributed by atoms with Crippen LogP contribution in [0.1, 0.15) is 18.1 Å². The molecule has 0 bridgehead atoms. The van der Waals surface area contributed by atoms with Gasteiger partial charge in [-0.25, -0.2) is 9.67 Å². The predicted molar refractivity (Wildman–Crippen MR) is 104 cm³/mol. The first-order valence-electron chi connectivity index (χ1n) is 8.94. The molecule has 7 nitrogen and oxygen atoms in total. The van der Waals surface area contributed by atoms with Gasteiger partial charge in [-0.15, -0.1) is 0 Å². The van der Waals surface area contributed by atoms with Crippen molar-refractivity contribution < 1.29 is 18.0 Å². The van der Waals surface area contributed by atoms with Gasteiger partial charge in [-0.3, -0.25) is 9.69 Å². The number of rotatable bonds is 6. The Labute approximate surface area is 170 Å². The van der Waals surface area contributed by atoms with Gasteiger partial charge in [-0.2, -0.15) is 23.5 Å². The molecule has 1 aromatic heterocycles. The highest BCUT2D eigenvalue weighted by molar-refractivity contribution is 5.96. The van der Waals surface area contributed by atoms with E-state index in [0.717, 1.165) is 29.0 Å². The van der Waals surface area contributed by atoms with E-state index in [4.69, 9.17) is 0 Å². The number of amides is 1. The van der Waals surface area contributed by atoms with Gasteiger partial charge in [0.15, 0.2) is 6.19 Å². The Morgan fingerprint density at radius 2 is 2.07 bits per heavy atom. The molecule has 1 amide bonds. The molecule has 0 aliphatic rings. The molecule has 0 saturated carbocycles. The zero-order valence-corrected chi connectivity index (χ0v) is 15.9. The highest BCUT2D eigenvalue weighted by atomic mass is 19.4. The van der Waals surface area contributed by atoms with Crippen molar-refractivity contribution in [3.05, 3.63) is 66.2 Å². The molecule has 1 N–H and O–H groups in total. The average Bonchev–Trinajstić information content (AvgIpc) is 3.26. The van der Waals surface area contributed by atoms with Crippen LogP contribution in [0.5, 0.6) is 0 Å². The van der Waals surface area contributed by atoms with Crippen molar-refractivity contribution in [1.29, 1.82) is 5.26 Å². The maximum atomic E-state index is 13.1. The third kappa shape index (κ3) is 4.75. The lowest BCUT2D eigenvalue weighted by Gasteiger charge is -2.18. The van der Waals surface area contributed by atoms with Gasteiger partial charge in [-0.1, -0.05) is 19.1 Å². The summed E-state index contributed by atoms with van der Waals surface area (Å²) in [4.78, 5) is 17.5. The van der Waals surface area contributed by atoms with Gasteiger partial charge in [-0.05, 0) is 42.3 Å². The number of hydrogen-bond acceptors (Lipinski definition) is 5. The first-order chi connectivity index (χ1) is 14.3. The number of hydrogen-bond donors (Lipinski definition) is 1. The topological polar surface area (TPSA) is 86.8 Å². The summed E-state index contributed by atoms with van der Waals surface area (Å²) in [5.41, 5.74) is 0.701. The molecule has 0 spiro atoms. The number of nitriles is 1. The molecule has 1 heterocycles. The molecule has 10 heteroatoms. The average molecular weight is 414 g/mol. The van der Waals surface area contributed by atoms with Crippen molar-refractivity contribution >= 4 is 17.3 Å². The van der Waals surface area contributed by atoms with Gasteiger partial charge in [0.05, 0.1) is 22.6 Å². The summed E-state index contributed by atoms with van der Waals surface area (Å²) < 4.78 is 40.7. The summed E-state index contributed by atoms with van der Waals surface area (Å²) in [5.74, 6) is -0.654.